The first-order valence-corrected chi connectivity index (χ1v) is 11.4. The molecule has 0 spiro atoms. The van der Waals surface area contributed by atoms with Gasteiger partial charge in [-0.05, 0) is 60.1 Å². The maximum atomic E-state index is 14.9. The molecule has 0 atom stereocenters. The SMILES string of the molecule is CCCCCc1ccc(-c2cc(C)c(/C=C/c3ccc(CCC)cc3)c(F)c2F)cc1. The largest absolute Gasteiger partial charge is 0.203 e. The van der Waals surface area contributed by atoms with Gasteiger partial charge in [0.05, 0.1) is 0 Å². The van der Waals surface area contributed by atoms with E-state index in [1.807, 2.05) is 49.4 Å². The summed E-state index contributed by atoms with van der Waals surface area (Å²) < 4.78 is 29.9. The van der Waals surface area contributed by atoms with Crippen LogP contribution < -0.4 is 0 Å². The summed E-state index contributed by atoms with van der Waals surface area (Å²) in [7, 11) is 0. The van der Waals surface area contributed by atoms with Crippen LogP contribution in [0.3, 0.4) is 0 Å². The second-order valence-corrected chi connectivity index (χ2v) is 8.26. The van der Waals surface area contributed by atoms with Gasteiger partial charge in [-0.25, -0.2) is 8.78 Å². The van der Waals surface area contributed by atoms with E-state index in [9.17, 15) is 8.78 Å². The van der Waals surface area contributed by atoms with E-state index in [-0.39, 0.29) is 0 Å². The van der Waals surface area contributed by atoms with Crippen molar-refractivity contribution in [2.24, 2.45) is 0 Å². The number of unbranched alkanes of at least 4 members (excludes halogenated alkanes) is 2. The fraction of sp³-hybridized carbons (Fsp3) is 0.310. The highest BCUT2D eigenvalue weighted by Crippen LogP contribution is 2.30. The molecule has 0 aliphatic rings. The first-order chi connectivity index (χ1) is 15.0. The van der Waals surface area contributed by atoms with E-state index in [4.69, 9.17) is 0 Å². The van der Waals surface area contributed by atoms with Gasteiger partial charge in [0.1, 0.15) is 0 Å². The fourth-order valence-corrected chi connectivity index (χ4v) is 3.88. The molecule has 0 saturated carbocycles. The van der Waals surface area contributed by atoms with Crippen molar-refractivity contribution in [3.05, 3.63) is 94.0 Å². The lowest BCUT2D eigenvalue weighted by Gasteiger charge is -2.11. The van der Waals surface area contributed by atoms with E-state index in [0.29, 0.717) is 16.7 Å². The van der Waals surface area contributed by atoms with Crippen LogP contribution in [0, 0.1) is 18.6 Å². The number of hydrogen-bond acceptors (Lipinski definition) is 0. The standard InChI is InChI=1S/C29H32F2/c1-4-6-7-9-23-14-17-25(18-15-23)27-20-21(3)26(28(30)29(27)31)19-16-24-12-10-22(8-5-2)11-13-24/h10-20H,4-9H2,1-3H3/b19-16+. The minimum Gasteiger partial charge on any atom is -0.203 e. The number of rotatable bonds is 9. The van der Waals surface area contributed by atoms with Crippen LogP contribution in [0.15, 0.2) is 54.6 Å². The molecule has 0 aromatic heterocycles. The molecule has 0 bridgehead atoms. The Hall–Kier alpha value is -2.74. The Kier molecular flexibility index (Phi) is 8.17. The third kappa shape index (κ3) is 5.91. The first-order valence-electron chi connectivity index (χ1n) is 11.4. The van der Waals surface area contributed by atoms with Crippen LogP contribution in [-0.2, 0) is 12.8 Å². The summed E-state index contributed by atoms with van der Waals surface area (Å²) in [6.45, 7) is 6.17. The van der Waals surface area contributed by atoms with Crippen molar-refractivity contribution in [2.75, 3.05) is 0 Å². The van der Waals surface area contributed by atoms with Crippen molar-refractivity contribution < 1.29 is 8.78 Å². The molecule has 0 heterocycles. The Bertz CT molecular complexity index is 1010. The molecular formula is C29H32F2. The van der Waals surface area contributed by atoms with Gasteiger partial charge < -0.3 is 0 Å². The van der Waals surface area contributed by atoms with Gasteiger partial charge >= 0.3 is 0 Å². The van der Waals surface area contributed by atoms with Crippen LogP contribution in [0.1, 0.15) is 67.3 Å². The Labute approximate surface area is 185 Å². The second-order valence-electron chi connectivity index (χ2n) is 8.26. The van der Waals surface area contributed by atoms with Crippen LogP contribution in [0.4, 0.5) is 8.78 Å². The Morgan fingerprint density at radius 3 is 2.00 bits per heavy atom. The molecule has 0 unspecified atom stereocenters. The minimum atomic E-state index is -0.791. The van der Waals surface area contributed by atoms with E-state index in [2.05, 4.69) is 26.0 Å². The maximum Gasteiger partial charge on any atom is 0.167 e. The quantitative estimate of drug-likeness (QED) is 0.240. The van der Waals surface area contributed by atoms with E-state index in [0.717, 1.165) is 36.8 Å². The van der Waals surface area contributed by atoms with Gasteiger partial charge in [0, 0.05) is 11.1 Å². The highest BCUT2D eigenvalue weighted by Gasteiger charge is 2.16. The highest BCUT2D eigenvalue weighted by atomic mass is 19.2. The third-order valence-corrected chi connectivity index (χ3v) is 5.75. The zero-order chi connectivity index (χ0) is 22.2. The van der Waals surface area contributed by atoms with E-state index in [1.54, 1.807) is 12.1 Å². The summed E-state index contributed by atoms with van der Waals surface area (Å²) in [5.74, 6) is -1.58. The van der Waals surface area contributed by atoms with Gasteiger partial charge in [-0.15, -0.1) is 0 Å². The molecule has 0 nitrogen and oxygen atoms in total. The number of benzene rings is 3. The Morgan fingerprint density at radius 2 is 1.35 bits per heavy atom. The molecular weight excluding hydrogens is 386 g/mol. The first kappa shape index (κ1) is 22.9. The molecule has 0 amide bonds. The van der Waals surface area contributed by atoms with E-state index in [1.165, 1.54) is 24.0 Å². The number of halogens is 2. The monoisotopic (exact) mass is 418 g/mol. The molecule has 0 aliphatic heterocycles. The van der Waals surface area contributed by atoms with Gasteiger partial charge in [-0.1, -0.05) is 93.8 Å². The second kappa shape index (κ2) is 11.0. The van der Waals surface area contributed by atoms with Gasteiger partial charge in [-0.2, -0.15) is 0 Å². The summed E-state index contributed by atoms with van der Waals surface area (Å²) >= 11 is 0. The molecule has 3 aromatic rings. The molecule has 0 aliphatic carbocycles. The molecule has 3 aromatic carbocycles. The van der Waals surface area contributed by atoms with Gasteiger partial charge in [0.15, 0.2) is 11.6 Å². The molecule has 0 radical (unpaired) electrons. The molecule has 162 valence electrons. The molecule has 3 rings (SSSR count). The van der Waals surface area contributed by atoms with Crippen molar-refractivity contribution in [3.63, 3.8) is 0 Å². The van der Waals surface area contributed by atoms with Crippen LogP contribution >= 0.6 is 0 Å². The number of hydrogen-bond donors (Lipinski definition) is 0. The summed E-state index contributed by atoms with van der Waals surface area (Å²) in [6.07, 6.45) is 10.2. The summed E-state index contributed by atoms with van der Waals surface area (Å²) in [5.41, 5.74) is 5.54. The average molecular weight is 419 g/mol. The molecule has 31 heavy (non-hydrogen) atoms. The van der Waals surface area contributed by atoms with Crippen LogP contribution in [-0.4, -0.2) is 0 Å². The van der Waals surface area contributed by atoms with Crippen molar-refractivity contribution in [1.82, 2.24) is 0 Å². The van der Waals surface area contributed by atoms with Gasteiger partial charge in [0.2, 0.25) is 0 Å². The predicted molar refractivity (Wildman–Crippen MR) is 129 cm³/mol. The fourth-order valence-electron chi connectivity index (χ4n) is 3.88. The van der Waals surface area contributed by atoms with Crippen LogP contribution in [0.5, 0.6) is 0 Å². The molecule has 0 N–H and O–H groups in total. The highest BCUT2D eigenvalue weighted by molar-refractivity contribution is 5.75. The van der Waals surface area contributed by atoms with Crippen molar-refractivity contribution >= 4 is 12.2 Å². The summed E-state index contributed by atoms with van der Waals surface area (Å²) in [5, 5.41) is 0. The number of aryl methyl sites for hydroxylation is 3. The Balaban J connectivity index is 1.81. The maximum absolute atomic E-state index is 14.9. The lowest BCUT2D eigenvalue weighted by Crippen LogP contribution is -1.97. The minimum absolute atomic E-state index is 0.301. The van der Waals surface area contributed by atoms with E-state index < -0.39 is 11.6 Å². The lowest BCUT2D eigenvalue weighted by atomic mass is 9.96. The molecule has 0 saturated heterocycles. The zero-order valence-corrected chi connectivity index (χ0v) is 18.8. The molecule has 2 heteroatoms. The van der Waals surface area contributed by atoms with Crippen molar-refractivity contribution in [2.45, 2.75) is 59.3 Å². The van der Waals surface area contributed by atoms with Gasteiger partial charge in [0.25, 0.3) is 0 Å². The lowest BCUT2D eigenvalue weighted by molar-refractivity contribution is 0.508. The van der Waals surface area contributed by atoms with Crippen LogP contribution in [0.25, 0.3) is 23.3 Å². The Morgan fingerprint density at radius 1 is 0.710 bits per heavy atom. The van der Waals surface area contributed by atoms with Gasteiger partial charge in [-0.3, -0.25) is 0 Å². The predicted octanol–water partition coefficient (Wildman–Crippen LogP) is 8.80. The van der Waals surface area contributed by atoms with Crippen molar-refractivity contribution in [1.29, 1.82) is 0 Å². The normalized spacial score (nSPS) is 11.4. The van der Waals surface area contributed by atoms with Crippen LogP contribution in [0.2, 0.25) is 0 Å². The van der Waals surface area contributed by atoms with E-state index >= 15 is 0 Å². The summed E-state index contributed by atoms with van der Waals surface area (Å²) in [4.78, 5) is 0. The molecule has 0 fully saturated rings. The van der Waals surface area contributed by atoms with Crippen molar-refractivity contribution in [3.8, 4) is 11.1 Å². The summed E-state index contributed by atoms with van der Waals surface area (Å²) in [6, 6.07) is 17.8. The topological polar surface area (TPSA) is 0 Å². The zero-order valence-electron chi connectivity index (χ0n) is 18.8. The average Bonchev–Trinajstić information content (AvgIpc) is 2.78. The smallest absolute Gasteiger partial charge is 0.167 e. The third-order valence-electron chi connectivity index (χ3n) is 5.75.